The van der Waals surface area contributed by atoms with Gasteiger partial charge in [0.05, 0.1) is 22.5 Å². The second-order valence-electron chi connectivity index (χ2n) is 15.4. The monoisotopic (exact) mass is 740 g/mol. The highest BCUT2D eigenvalue weighted by molar-refractivity contribution is 7.26. The summed E-state index contributed by atoms with van der Waals surface area (Å²) in [5, 5.41) is 9.88. The van der Waals surface area contributed by atoms with Gasteiger partial charge in [0.1, 0.15) is 5.82 Å². The van der Waals surface area contributed by atoms with Gasteiger partial charge in [0.25, 0.3) is 0 Å². The van der Waals surface area contributed by atoms with Gasteiger partial charge in [-0.1, -0.05) is 158 Å². The van der Waals surface area contributed by atoms with Gasteiger partial charge in [-0.25, -0.2) is 4.98 Å². The first-order chi connectivity index (χ1) is 28.3. The van der Waals surface area contributed by atoms with Crippen LogP contribution < -0.4 is 4.90 Å². The molecule has 1 aliphatic carbocycles. The number of fused-ring (bicyclic) bond motifs is 16. The maximum atomic E-state index is 5.80. The van der Waals surface area contributed by atoms with Gasteiger partial charge < -0.3 is 0 Å². The number of hydrogen-bond acceptors (Lipinski definition) is 3. The fourth-order valence-electron chi connectivity index (χ4n) is 10.3. The largest absolute Gasteiger partial charge is 0.294 e. The van der Waals surface area contributed by atoms with Gasteiger partial charge in [0.2, 0.25) is 0 Å². The molecule has 2 nitrogen and oxygen atoms in total. The summed E-state index contributed by atoms with van der Waals surface area (Å²) in [6.45, 7) is 0. The Balaban J connectivity index is 1.17. The third-order valence-electron chi connectivity index (χ3n) is 12.6. The number of pyridine rings is 1. The van der Waals surface area contributed by atoms with Crippen LogP contribution in [0.1, 0.15) is 22.3 Å². The minimum absolute atomic E-state index is 0.482. The number of thiophene rings is 1. The Bertz CT molecular complexity index is 3400. The van der Waals surface area contributed by atoms with Crippen molar-refractivity contribution < 1.29 is 0 Å². The third kappa shape index (κ3) is 4.11. The molecular formula is C54H32N2S. The molecule has 0 unspecified atom stereocenters. The van der Waals surface area contributed by atoms with E-state index >= 15 is 0 Å². The molecule has 0 bridgehead atoms. The molecule has 0 radical (unpaired) electrons. The summed E-state index contributed by atoms with van der Waals surface area (Å²) in [6, 6.07) is 71.9. The highest BCUT2D eigenvalue weighted by Crippen LogP contribution is 2.63. The number of hydrogen-bond donors (Lipinski definition) is 0. The normalized spacial score (nSPS) is 13.7. The van der Waals surface area contributed by atoms with E-state index in [2.05, 4.69) is 199 Å². The zero-order chi connectivity index (χ0) is 37.2. The van der Waals surface area contributed by atoms with Crippen LogP contribution in [-0.2, 0) is 5.41 Å². The lowest BCUT2D eigenvalue weighted by atomic mass is 9.65. The van der Waals surface area contributed by atoms with E-state index in [9.17, 15) is 0 Å². The van der Waals surface area contributed by atoms with Crippen molar-refractivity contribution >= 4 is 81.0 Å². The van der Waals surface area contributed by atoms with E-state index in [1.54, 1.807) is 0 Å². The molecule has 1 aliphatic heterocycles. The molecule has 0 amide bonds. The van der Waals surface area contributed by atoms with Crippen LogP contribution in [0.5, 0.6) is 0 Å². The van der Waals surface area contributed by atoms with Crippen molar-refractivity contribution in [3.8, 4) is 22.4 Å². The van der Waals surface area contributed by atoms with Crippen molar-refractivity contribution in [2.45, 2.75) is 5.41 Å². The first-order valence-corrected chi connectivity index (χ1v) is 20.4. The van der Waals surface area contributed by atoms with E-state index in [1.807, 2.05) is 11.3 Å². The molecule has 11 aromatic rings. The molecule has 0 saturated heterocycles. The number of rotatable bonds is 2. The molecule has 2 aromatic heterocycles. The maximum absolute atomic E-state index is 5.80. The number of nitrogens with zero attached hydrogens (tertiary/aromatic N) is 2. The van der Waals surface area contributed by atoms with Crippen molar-refractivity contribution in [3.05, 3.63) is 216 Å². The van der Waals surface area contributed by atoms with Crippen LogP contribution in [0.3, 0.4) is 0 Å². The summed E-state index contributed by atoms with van der Waals surface area (Å²) in [5.41, 5.74) is 11.7. The molecule has 3 heterocycles. The van der Waals surface area contributed by atoms with Gasteiger partial charge in [-0.15, -0.1) is 11.3 Å². The number of aromatic nitrogens is 1. The van der Waals surface area contributed by atoms with Gasteiger partial charge in [0, 0.05) is 31.1 Å². The molecule has 2 aliphatic rings. The van der Waals surface area contributed by atoms with Gasteiger partial charge >= 0.3 is 0 Å². The van der Waals surface area contributed by atoms with E-state index in [-0.39, 0.29) is 0 Å². The predicted molar refractivity (Wildman–Crippen MR) is 241 cm³/mol. The van der Waals surface area contributed by atoms with Crippen LogP contribution in [0.4, 0.5) is 17.2 Å². The van der Waals surface area contributed by atoms with Crippen LogP contribution in [0.2, 0.25) is 0 Å². The molecular weight excluding hydrogens is 709 g/mol. The van der Waals surface area contributed by atoms with Crippen LogP contribution in [0, 0.1) is 0 Å². The standard InChI is InChI=1S/C54H32N2S/c1-2-16-35-31-50-42(30-34(35)15-1)52-41-32-51(55-53(40(41)28-29-49(52)57-50)39-21-13-17-33-14-3-4-18-36(33)39)56-47-26-11-9-24-45(47)54(46-25-10-12-27-48(46)56)43-22-7-5-19-37(43)38-20-6-8-23-44(38)54/h1-32H. The first kappa shape index (κ1) is 31.2. The maximum Gasteiger partial charge on any atom is 0.138 e. The lowest BCUT2D eigenvalue weighted by Crippen LogP contribution is -2.36. The Morgan fingerprint density at radius 2 is 0.947 bits per heavy atom. The average Bonchev–Trinajstić information content (AvgIpc) is 3.79. The lowest BCUT2D eigenvalue weighted by molar-refractivity contribution is 0.751. The van der Waals surface area contributed by atoms with Gasteiger partial charge in [-0.2, -0.15) is 0 Å². The van der Waals surface area contributed by atoms with E-state index in [4.69, 9.17) is 4.98 Å². The molecule has 264 valence electrons. The topological polar surface area (TPSA) is 16.1 Å². The zero-order valence-corrected chi connectivity index (χ0v) is 31.6. The summed E-state index contributed by atoms with van der Waals surface area (Å²) >= 11 is 1.88. The molecule has 0 saturated carbocycles. The van der Waals surface area contributed by atoms with Crippen molar-refractivity contribution in [2.24, 2.45) is 0 Å². The van der Waals surface area contributed by atoms with E-state index in [1.165, 1.54) is 80.5 Å². The summed E-state index contributed by atoms with van der Waals surface area (Å²) in [6.07, 6.45) is 0. The number of para-hydroxylation sites is 2. The molecule has 13 rings (SSSR count). The Kier molecular flexibility index (Phi) is 6.28. The quantitative estimate of drug-likeness (QED) is 0.175. The van der Waals surface area contributed by atoms with Crippen molar-refractivity contribution in [1.82, 2.24) is 4.98 Å². The lowest BCUT2D eigenvalue weighted by Gasteiger charge is -2.44. The highest BCUT2D eigenvalue weighted by Gasteiger charge is 2.51. The molecule has 0 atom stereocenters. The van der Waals surface area contributed by atoms with E-state index < -0.39 is 5.41 Å². The smallest absolute Gasteiger partial charge is 0.138 e. The molecule has 0 N–H and O–H groups in total. The minimum atomic E-state index is -0.482. The minimum Gasteiger partial charge on any atom is -0.294 e. The Morgan fingerprint density at radius 1 is 0.386 bits per heavy atom. The van der Waals surface area contributed by atoms with Crippen molar-refractivity contribution in [1.29, 1.82) is 0 Å². The van der Waals surface area contributed by atoms with Gasteiger partial charge in [0.15, 0.2) is 0 Å². The molecule has 9 aromatic carbocycles. The number of anilines is 3. The Morgan fingerprint density at radius 3 is 1.67 bits per heavy atom. The Hall–Kier alpha value is -7.07. The summed E-state index contributed by atoms with van der Waals surface area (Å²) < 4.78 is 2.59. The average molecular weight is 741 g/mol. The van der Waals surface area contributed by atoms with Crippen LogP contribution in [0.15, 0.2) is 194 Å². The van der Waals surface area contributed by atoms with Crippen molar-refractivity contribution in [3.63, 3.8) is 0 Å². The summed E-state index contributed by atoms with van der Waals surface area (Å²) in [4.78, 5) is 8.24. The highest BCUT2D eigenvalue weighted by atomic mass is 32.1. The number of benzene rings is 9. The SMILES string of the molecule is c1ccc2c(c1)-c1ccccc1C21c2ccccc2N(c2cc3c(ccc4sc5cc6ccccc6cc5c43)c(-c3cccc4ccccc34)n2)c2ccccc21. The van der Waals surface area contributed by atoms with E-state index in [0.717, 1.165) is 33.8 Å². The molecule has 57 heavy (non-hydrogen) atoms. The Labute approximate surface area is 333 Å². The fourth-order valence-corrected chi connectivity index (χ4v) is 11.5. The summed E-state index contributed by atoms with van der Waals surface area (Å²) in [7, 11) is 0. The molecule has 1 spiro atoms. The third-order valence-corrected chi connectivity index (χ3v) is 13.7. The predicted octanol–water partition coefficient (Wildman–Crippen LogP) is 14.7. The zero-order valence-electron chi connectivity index (χ0n) is 30.8. The van der Waals surface area contributed by atoms with Crippen LogP contribution in [0.25, 0.3) is 74.9 Å². The van der Waals surface area contributed by atoms with Gasteiger partial charge in [-0.05, 0) is 96.7 Å². The fraction of sp³-hybridized carbons (Fsp3) is 0.0185. The second kappa shape index (κ2) is 11.5. The van der Waals surface area contributed by atoms with E-state index in [0.29, 0.717) is 0 Å². The summed E-state index contributed by atoms with van der Waals surface area (Å²) in [5.74, 6) is 0.910. The molecule has 3 heteroatoms. The second-order valence-corrected chi connectivity index (χ2v) is 16.5. The molecule has 0 fully saturated rings. The van der Waals surface area contributed by atoms with Crippen LogP contribution >= 0.6 is 11.3 Å². The van der Waals surface area contributed by atoms with Crippen molar-refractivity contribution in [2.75, 3.05) is 4.90 Å². The van der Waals surface area contributed by atoms with Gasteiger partial charge in [-0.3, -0.25) is 4.90 Å². The first-order valence-electron chi connectivity index (χ1n) is 19.6. The van der Waals surface area contributed by atoms with Crippen LogP contribution in [-0.4, -0.2) is 4.98 Å².